The molecule has 1 fully saturated rings. The molecule has 1 aliphatic carbocycles. The van der Waals surface area contributed by atoms with E-state index in [1.807, 2.05) is 32.0 Å². The monoisotopic (exact) mass is 346 g/mol. The van der Waals surface area contributed by atoms with Crippen LogP contribution >= 0.6 is 11.8 Å². The molecule has 1 saturated carbocycles. The Morgan fingerprint density at radius 1 is 1.25 bits per heavy atom. The van der Waals surface area contributed by atoms with Crippen molar-refractivity contribution in [3.63, 3.8) is 0 Å². The molecule has 24 heavy (non-hydrogen) atoms. The van der Waals surface area contributed by atoms with E-state index in [1.54, 1.807) is 0 Å². The summed E-state index contributed by atoms with van der Waals surface area (Å²) < 4.78 is 5.55. The molecule has 1 aliphatic rings. The van der Waals surface area contributed by atoms with Gasteiger partial charge in [0, 0.05) is 11.6 Å². The van der Waals surface area contributed by atoms with Crippen molar-refractivity contribution in [1.29, 1.82) is 0 Å². The fourth-order valence-corrected chi connectivity index (χ4v) is 2.56. The summed E-state index contributed by atoms with van der Waals surface area (Å²) in [4.78, 5) is 23.2. The summed E-state index contributed by atoms with van der Waals surface area (Å²) in [5.41, 5.74) is 3.17. The number of nitrogens with zero attached hydrogens (tertiary/aromatic N) is 2. The van der Waals surface area contributed by atoms with Gasteiger partial charge < -0.3 is 9.73 Å². The highest BCUT2D eigenvalue weighted by atomic mass is 32.2. The Kier molecular flexibility index (Phi) is 4.84. The van der Waals surface area contributed by atoms with Gasteiger partial charge in [0.15, 0.2) is 0 Å². The van der Waals surface area contributed by atoms with Crippen LogP contribution in [-0.2, 0) is 4.79 Å². The highest BCUT2D eigenvalue weighted by molar-refractivity contribution is 7.99. The van der Waals surface area contributed by atoms with Crippen LogP contribution < -0.4 is 10.6 Å². The zero-order valence-electron chi connectivity index (χ0n) is 13.5. The zero-order valence-corrected chi connectivity index (χ0v) is 14.3. The van der Waals surface area contributed by atoms with E-state index < -0.39 is 11.9 Å². The summed E-state index contributed by atoms with van der Waals surface area (Å²) in [7, 11) is 0. The number of carbonyl (C=O) groups excluding carboxylic acids is 2. The summed E-state index contributed by atoms with van der Waals surface area (Å²) in [5.74, 6) is 0.0451. The van der Waals surface area contributed by atoms with E-state index in [0.29, 0.717) is 11.1 Å². The molecule has 7 nitrogen and oxygen atoms in total. The van der Waals surface area contributed by atoms with E-state index >= 15 is 0 Å². The fourth-order valence-electron chi connectivity index (χ4n) is 2.00. The van der Waals surface area contributed by atoms with Crippen molar-refractivity contribution in [3.8, 4) is 11.5 Å². The van der Waals surface area contributed by atoms with Gasteiger partial charge in [0.1, 0.15) is 0 Å². The predicted molar refractivity (Wildman–Crippen MR) is 89.6 cm³/mol. The van der Waals surface area contributed by atoms with Crippen molar-refractivity contribution in [1.82, 2.24) is 20.8 Å². The topological polar surface area (TPSA) is 97.1 Å². The second-order valence-corrected chi connectivity index (χ2v) is 6.68. The number of hydrogen-bond donors (Lipinski definition) is 2. The first-order valence-electron chi connectivity index (χ1n) is 7.65. The largest absolute Gasteiger partial charge is 0.411 e. The van der Waals surface area contributed by atoms with Crippen LogP contribution in [0.2, 0.25) is 0 Å². The third-order valence-corrected chi connectivity index (χ3v) is 4.47. The molecule has 2 N–H and O–H groups in total. The molecule has 0 atom stereocenters. The van der Waals surface area contributed by atoms with Gasteiger partial charge in [-0.25, -0.2) is 4.79 Å². The lowest BCUT2D eigenvalue weighted by Gasteiger charge is -2.03. The molecule has 0 bridgehead atoms. The normalized spacial score (nSPS) is 13.6. The fraction of sp³-hybridized carbons (Fsp3) is 0.375. The van der Waals surface area contributed by atoms with Crippen molar-refractivity contribution >= 4 is 23.7 Å². The molecule has 3 amide bonds. The smallest absolute Gasteiger partial charge is 0.321 e. The number of urea groups is 1. The van der Waals surface area contributed by atoms with Crippen LogP contribution in [0.3, 0.4) is 0 Å². The van der Waals surface area contributed by atoms with E-state index in [-0.39, 0.29) is 11.8 Å². The summed E-state index contributed by atoms with van der Waals surface area (Å²) in [6, 6.07) is 5.64. The van der Waals surface area contributed by atoms with Gasteiger partial charge in [-0.15, -0.1) is 10.2 Å². The Labute approximate surface area is 143 Å². The van der Waals surface area contributed by atoms with Gasteiger partial charge >= 0.3 is 6.03 Å². The average molecular weight is 346 g/mol. The van der Waals surface area contributed by atoms with E-state index in [0.717, 1.165) is 35.7 Å². The Morgan fingerprint density at radius 2 is 2.04 bits per heavy atom. The molecule has 8 heteroatoms. The molecular weight excluding hydrogens is 328 g/mol. The first-order valence-corrected chi connectivity index (χ1v) is 8.64. The highest BCUT2D eigenvalue weighted by Gasteiger charge is 2.24. The minimum Gasteiger partial charge on any atom is -0.411 e. The Balaban J connectivity index is 1.52. The molecule has 0 saturated heterocycles. The Bertz CT molecular complexity index is 770. The molecule has 126 valence electrons. The molecule has 3 rings (SSSR count). The van der Waals surface area contributed by atoms with Crippen LogP contribution in [0.15, 0.2) is 27.8 Å². The molecule has 2 aromatic rings. The number of nitrogens with one attached hydrogen (secondary N) is 2. The van der Waals surface area contributed by atoms with Crippen LogP contribution in [-0.4, -0.2) is 33.9 Å². The molecule has 0 spiro atoms. The number of rotatable bonds is 5. The molecule has 1 aromatic heterocycles. The molecule has 1 heterocycles. The summed E-state index contributed by atoms with van der Waals surface area (Å²) in [5, 5.41) is 13.2. The van der Waals surface area contributed by atoms with Crippen molar-refractivity contribution in [2.24, 2.45) is 0 Å². The van der Waals surface area contributed by atoms with Gasteiger partial charge in [0.05, 0.1) is 5.75 Å². The molecule has 0 aliphatic heterocycles. The Hall–Kier alpha value is -2.35. The first kappa shape index (κ1) is 16.5. The predicted octanol–water partition coefficient (Wildman–Crippen LogP) is 2.43. The second-order valence-electron chi connectivity index (χ2n) is 5.76. The van der Waals surface area contributed by atoms with Crippen LogP contribution in [0.4, 0.5) is 4.79 Å². The number of carbonyl (C=O) groups is 2. The van der Waals surface area contributed by atoms with Crippen molar-refractivity contribution in [3.05, 3.63) is 29.3 Å². The van der Waals surface area contributed by atoms with Gasteiger partial charge in [0.25, 0.3) is 5.22 Å². The maximum atomic E-state index is 11.7. The van der Waals surface area contributed by atoms with Crippen LogP contribution in [0.1, 0.15) is 24.0 Å². The third-order valence-electron chi connectivity index (χ3n) is 3.65. The maximum Gasteiger partial charge on any atom is 0.321 e. The van der Waals surface area contributed by atoms with E-state index in [4.69, 9.17) is 4.42 Å². The van der Waals surface area contributed by atoms with Gasteiger partial charge in [-0.3, -0.25) is 10.1 Å². The number of aryl methyl sites for hydroxylation is 2. The van der Waals surface area contributed by atoms with Gasteiger partial charge in [-0.1, -0.05) is 17.8 Å². The lowest BCUT2D eigenvalue weighted by Crippen LogP contribution is -2.41. The molecule has 0 radical (unpaired) electrons. The van der Waals surface area contributed by atoms with Gasteiger partial charge in [-0.05, 0) is 49.9 Å². The van der Waals surface area contributed by atoms with Crippen LogP contribution in [0, 0.1) is 13.8 Å². The SMILES string of the molecule is Cc1ccc(-c2nnc(SCC(=O)NC(=O)NC3CC3)o2)cc1C. The van der Waals surface area contributed by atoms with Gasteiger partial charge in [-0.2, -0.15) is 0 Å². The number of aromatic nitrogens is 2. The summed E-state index contributed by atoms with van der Waals surface area (Å²) >= 11 is 1.10. The first-order chi connectivity index (χ1) is 11.5. The molecule has 1 aromatic carbocycles. The van der Waals surface area contributed by atoms with Crippen LogP contribution in [0.25, 0.3) is 11.5 Å². The minimum absolute atomic E-state index is 0.0344. The number of amides is 3. The Morgan fingerprint density at radius 3 is 2.75 bits per heavy atom. The molecular formula is C16H18N4O3S. The molecule has 0 unspecified atom stereocenters. The average Bonchev–Trinajstić information content (AvgIpc) is 3.22. The number of thioether (sulfide) groups is 1. The number of benzene rings is 1. The number of imide groups is 1. The highest BCUT2D eigenvalue weighted by Crippen LogP contribution is 2.24. The zero-order chi connectivity index (χ0) is 17.1. The van der Waals surface area contributed by atoms with E-state index in [9.17, 15) is 9.59 Å². The van der Waals surface area contributed by atoms with Crippen molar-refractivity contribution in [2.45, 2.75) is 38.0 Å². The van der Waals surface area contributed by atoms with E-state index in [2.05, 4.69) is 20.8 Å². The second kappa shape index (κ2) is 7.04. The van der Waals surface area contributed by atoms with Crippen LogP contribution in [0.5, 0.6) is 0 Å². The lowest BCUT2D eigenvalue weighted by molar-refractivity contribution is -0.117. The number of hydrogen-bond acceptors (Lipinski definition) is 6. The van der Waals surface area contributed by atoms with E-state index in [1.165, 1.54) is 5.56 Å². The van der Waals surface area contributed by atoms with Crippen molar-refractivity contribution < 1.29 is 14.0 Å². The summed E-state index contributed by atoms with van der Waals surface area (Å²) in [6.07, 6.45) is 1.94. The maximum absolute atomic E-state index is 11.7. The summed E-state index contributed by atoms with van der Waals surface area (Å²) in [6.45, 7) is 4.05. The van der Waals surface area contributed by atoms with Crippen molar-refractivity contribution in [2.75, 3.05) is 5.75 Å². The quantitative estimate of drug-likeness (QED) is 0.807. The minimum atomic E-state index is -0.454. The van der Waals surface area contributed by atoms with Gasteiger partial charge in [0.2, 0.25) is 11.8 Å². The standard InChI is InChI=1S/C16H18N4O3S/c1-9-3-4-11(7-10(9)2)14-19-20-16(23-14)24-8-13(21)18-15(22)17-12-5-6-12/h3-4,7,12H,5-6,8H2,1-2H3,(H2,17,18,21,22). The third kappa shape index (κ3) is 4.35. The lowest BCUT2D eigenvalue weighted by atomic mass is 10.1.